The third-order valence-corrected chi connectivity index (χ3v) is 4.67. The number of carbonyl (C=O) groups is 1. The highest BCUT2D eigenvalue weighted by molar-refractivity contribution is 5.96. The van der Waals surface area contributed by atoms with Gasteiger partial charge in [-0.2, -0.15) is 0 Å². The summed E-state index contributed by atoms with van der Waals surface area (Å²) in [5.41, 5.74) is 0.0979. The van der Waals surface area contributed by atoms with Gasteiger partial charge in [0.1, 0.15) is 36.0 Å². The molecule has 2 aromatic rings. The summed E-state index contributed by atoms with van der Waals surface area (Å²) in [5, 5.41) is 3.30. The first kappa shape index (κ1) is 16.7. The Bertz CT molecular complexity index is 791. The molecule has 0 radical (unpaired) electrons. The van der Waals surface area contributed by atoms with Crippen molar-refractivity contribution < 1.29 is 18.8 Å². The SMILES string of the molecule is CC(C)(CNC(=O)c1coc2ccccc2c1=O)[NH+]1CCOCC1. The highest BCUT2D eigenvalue weighted by Crippen LogP contribution is 2.10. The number of para-hydroxylation sites is 1. The molecule has 0 saturated carbocycles. The Morgan fingerprint density at radius 2 is 1.96 bits per heavy atom. The number of quaternary nitrogens is 1. The van der Waals surface area contributed by atoms with Gasteiger partial charge in [0, 0.05) is 0 Å². The second-order valence-electron chi connectivity index (χ2n) is 6.76. The molecule has 1 aromatic carbocycles. The third-order valence-electron chi connectivity index (χ3n) is 4.67. The van der Waals surface area contributed by atoms with Crippen molar-refractivity contribution >= 4 is 16.9 Å². The van der Waals surface area contributed by atoms with Gasteiger partial charge in [-0.05, 0) is 26.0 Å². The monoisotopic (exact) mass is 331 g/mol. The summed E-state index contributed by atoms with van der Waals surface area (Å²) in [7, 11) is 0. The maximum absolute atomic E-state index is 12.5. The fraction of sp³-hybridized carbons (Fsp3) is 0.444. The number of hydrogen-bond acceptors (Lipinski definition) is 4. The molecular weight excluding hydrogens is 308 g/mol. The van der Waals surface area contributed by atoms with Gasteiger partial charge in [0.15, 0.2) is 0 Å². The Morgan fingerprint density at radius 3 is 2.71 bits per heavy atom. The van der Waals surface area contributed by atoms with Crippen LogP contribution in [0, 0.1) is 0 Å². The molecule has 1 saturated heterocycles. The van der Waals surface area contributed by atoms with E-state index in [0.717, 1.165) is 26.3 Å². The first-order valence-corrected chi connectivity index (χ1v) is 8.21. The standard InChI is InChI=1S/C18H22N2O4/c1-18(2,20-7-9-23-10-8-20)12-19-17(22)14-11-24-15-6-4-3-5-13(15)16(14)21/h3-6,11H,7-10,12H2,1-2H3,(H,19,22)/p+1. The number of fused-ring (bicyclic) bond motifs is 1. The Hall–Kier alpha value is -2.18. The van der Waals surface area contributed by atoms with E-state index in [9.17, 15) is 9.59 Å². The molecule has 0 atom stereocenters. The molecule has 128 valence electrons. The van der Waals surface area contributed by atoms with Crippen molar-refractivity contribution in [2.24, 2.45) is 0 Å². The Morgan fingerprint density at radius 1 is 1.25 bits per heavy atom. The third kappa shape index (κ3) is 3.34. The fourth-order valence-electron chi connectivity index (χ4n) is 3.05. The molecule has 6 heteroatoms. The van der Waals surface area contributed by atoms with Crippen LogP contribution in [0.5, 0.6) is 0 Å². The molecule has 0 bridgehead atoms. The number of benzene rings is 1. The molecule has 3 rings (SSSR count). The van der Waals surface area contributed by atoms with Crippen LogP contribution in [0.15, 0.2) is 39.7 Å². The number of rotatable bonds is 4. The number of nitrogens with one attached hydrogen (secondary N) is 2. The predicted molar refractivity (Wildman–Crippen MR) is 90.4 cm³/mol. The second kappa shape index (κ2) is 6.75. The van der Waals surface area contributed by atoms with Crippen LogP contribution < -0.4 is 15.6 Å². The molecule has 0 aliphatic carbocycles. The van der Waals surface area contributed by atoms with Gasteiger partial charge in [-0.15, -0.1) is 0 Å². The molecule has 1 aromatic heterocycles. The van der Waals surface area contributed by atoms with Gasteiger partial charge < -0.3 is 19.4 Å². The summed E-state index contributed by atoms with van der Waals surface area (Å²) in [4.78, 5) is 26.3. The maximum atomic E-state index is 12.5. The van der Waals surface area contributed by atoms with E-state index in [1.807, 2.05) is 0 Å². The summed E-state index contributed by atoms with van der Waals surface area (Å²) in [6.45, 7) is 8.00. The van der Waals surface area contributed by atoms with E-state index >= 15 is 0 Å². The number of ether oxygens (including phenoxy) is 1. The molecule has 0 unspecified atom stereocenters. The molecule has 2 N–H and O–H groups in total. The Balaban J connectivity index is 1.73. The van der Waals surface area contributed by atoms with Crippen molar-refractivity contribution in [3.63, 3.8) is 0 Å². The molecule has 6 nitrogen and oxygen atoms in total. The van der Waals surface area contributed by atoms with Crippen molar-refractivity contribution in [1.29, 1.82) is 0 Å². The van der Waals surface area contributed by atoms with E-state index in [2.05, 4.69) is 19.2 Å². The Kier molecular flexibility index (Phi) is 4.69. The number of hydrogen-bond donors (Lipinski definition) is 2. The summed E-state index contributed by atoms with van der Waals surface area (Å²) >= 11 is 0. The molecule has 1 amide bonds. The molecule has 1 aliphatic rings. The van der Waals surface area contributed by atoms with Crippen molar-refractivity contribution in [2.45, 2.75) is 19.4 Å². The largest absolute Gasteiger partial charge is 0.463 e. The van der Waals surface area contributed by atoms with Crippen molar-refractivity contribution in [1.82, 2.24) is 5.32 Å². The van der Waals surface area contributed by atoms with Gasteiger partial charge >= 0.3 is 0 Å². The van der Waals surface area contributed by atoms with E-state index in [1.54, 1.807) is 24.3 Å². The van der Waals surface area contributed by atoms with Crippen molar-refractivity contribution in [2.75, 3.05) is 32.8 Å². The van der Waals surface area contributed by atoms with Gasteiger partial charge in [0.25, 0.3) is 5.91 Å². The summed E-state index contributed by atoms with van der Waals surface area (Å²) in [6.07, 6.45) is 1.24. The normalized spacial score (nSPS) is 16.2. The molecular formula is C18H23N2O4+. The fourth-order valence-corrected chi connectivity index (χ4v) is 3.05. The van der Waals surface area contributed by atoms with Crippen LogP contribution in [0.3, 0.4) is 0 Å². The second-order valence-corrected chi connectivity index (χ2v) is 6.76. The molecule has 1 fully saturated rings. The number of morpholine rings is 1. The smallest absolute Gasteiger partial charge is 0.258 e. The zero-order valence-corrected chi connectivity index (χ0v) is 14.1. The topological polar surface area (TPSA) is 73.0 Å². The zero-order chi connectivity index (χ0) is 17.2. The van der Waals surface area contributed by atoms with Crippen LogP contribution in [0.25, 0.3) is 11.0 Å². The summed E-state index contributed by atoms with van der Waals surface area (Å²) < 4.78 is 10.8. The quantitative estimate of drug-likeness (QED) is 0.840. The highest BCUT2D eigenvalue weighted by Gasteiger charge is 2.32. The molecule has 0 spiro atoms. The lowest BCUT2D eigenvalue weighted by Gasteiger charge is -2.37. The van der Waals surface area contributed by atoms with Gasteiger partial charge in [-0.1, -0.05) is 12.1 Å². The van der Waals surface area contributed by atoms with Gasteiger partial charge in [0.05, 0.1) is 25.1 Å². The van der Waals surface area contributed by atoms with Crippen LogP contribution in [0.4, 0.5) is 0 Å². The number of amides is 1. The van der Waals surface area contributed by atoms with E-state index in [-0.39, 0.29) is 16.5 Å². The van der Waals surface area contributed by atoms with E-state index in [0.29, 0.717) is 17.5 Å². The minimum absolute atomic E-state index is 0.0430. The zero-order valence-electron chi connectivity index (χ0n) is 14.1. The average Bonchev–Trinajstić information content (AvgIpc) is 2.61. The first-order chi connectivity index (χ1) is 11.5. The predicted octanol–water partition coefficient (Wildman–Crippen LogP) is 0.217. The van der Waals surface area contributed by atoms with Gasteiger partial charge in [-0.25, -0.2) is 0 Å². The van der Waals surface area contributed by atoms with Gasteiger partial charge in [-0.3, -0.25) is 9.59 Å². The lowest BCUT2D eigenvalue weighted by Crippen LogP contribution is -3.22. The van der Waals surface area contributed by atoms with E-state index in [4.69, 9.17) is 9.15 Å². The summed E-state index contributed by atoms with van der Waals surface area (Å²) in [5.74, 6) is -0.393. The van der Waals surface area contributed by atoms with Crippen molar-refractivity contribution in [3.05, 3.63) is 46.3 Å². The van der Waals surface area contributed by atoms with E-state index < -0.39 is 5.91 Å². The average molecular weight is 331 g/mol. The molecule has 24 heavy (non-hydrogen) atoms. The van der Waals surface area contributed by atoms with Crippen molar-refractivity contribution in [3.8, 4) is 0 Å². The molecule has 2 heterocycles. The Labute approximate surface area is 140 Å². The van der Waals surface area contributed by atoms with Crippen LogP contribution in [0.2, 0.25) is 0 Å². The minimum atomic E-state index is -0.393. The van der Waals surface area contributed by atoms with Crippen LogP contribution in [-0.2, 0) is 4.74 Å². The maximum Gasteiger partial charge on any atom is 0.258 e. The lowest BCUT2D eigenvalue weighted by molar-refractivity contribution is -0.954. The summed E-state index contributed by atoms with van der Waals surface area (Å²) in [6, 6.07) is 6.92. The molecule has 1 aliphatic heterocycles. The highest BCUT2D eigenvalue weighted by atomic mass is 16.5. The van der Waals surface area contributed by atoms with Crippen LogP contribution in [0.1, 0.15) is 24.2 Å². The first-order valence-electron chi connectivity index (χ1n) is 8.21. The van der Waals surface area contributed by atoms with Crippen LogP contribution in [-0.4, -0.2) is 44.3 Å². The minimum Gasteiger partial charge on any atom is -0.463 e. The van der Waals surface area contributed by atoms with Gasteiger partial charge in [0.2, 0.25) is 5.43 Å². The van der Waals surface area contributed by atoms with E-state index in [1.165, 1.54) is 11.2 Å². The van der Waals surface area contributed by atoms with Crippen LogP contribution >= 0.6 is 0 Å². The lowest BCUT2D eigenvalue weighted by atomic mass is 10.0. The number of carbonyl (C=O) groups excluding carboxylic acids is 1.